The van der Waals surface area contributed by atoms with Crippen molar-refractivity contribution >= 4 is 57.0 Å². The van der Waals surface area contributed by atoms with Gasteiger partial charge in [0.25, 0.3) is 0 Å². The predicted molar refractivity (Wildman–Crippen MR) is 135 cm³/mol. The van der Waals surface area contributed by atoms with E-state index in [1.54, 1.807) is 42.6 Å². The van der Waals surface area contributed by atoms with Crippen molar-refractivity contribution in [3.63, 3.8) is 0 Å². The van der Waals surface area contributed by atoms with Crippen LogP contribution >= 0.6 is 23.5 Å². The van der Waals surface area contributed by atoms with E-state index in [9.17, 15) is 9.59 Å². The molecular weight excluding hydrogens is 456 g/mol. The number of fused-ring (bicyclic) bond motifs is 2. The summed E-state index contributed by atoms with van der Waals surface area (Å²) in [7, 11) is 1.40. The molecule has 4 rings (SSSR count). The molecule has 0 amide bonds. The number of aromatic nitrogens is 2. The lowest BCUT2D eigenvalue weighted by atomic mass is 10.1. The van der Waals surface area contributed by atoms with E-state index in [2.05, 4.69) is 16.9 Å². The summed E-state index contributed by atoms with van der Waals surface area (Å²) in [5.41, 5.74) is 0.989. The molecule has 0 aliphatic carbocycles. The molecule has 0 aliphatic rings. The summed E-state index contributed by atoms with van der Waals surface area (Å²) < 4.78 is 4.80. The van der Waals surface area contributed by atoms with E-state index in [4.69, 9.17) is 9.84 Å². The normalized spacial score (nSPS) is 10.5. The van der Waals surface area contributed by atoms with Crippen LogP contribution in [0.3, 0.4) is 0 Å². The molecule has 0 atom stereocenters. The van der Waals surface area contributed by atoms with Gasteiger partial charge in [0, 0.05) is 45.4 Å². The van der Waals surface area contributed by atoms with Crippen LogP contribution in [0.15, 0.2) is 71.0 Å². The number of carbonyl (C=O) groups excluding carboxylic acids is 1. The van der Waals surface area contributed by atoms with Crippen molar-refractivity contribution in [3.05, 3.63) is 72.3 Å². The number of aromatic carboxylic acids is 1. The van der Waals surface area contributed by atoms with Gasteiger partial charge in [-0.1, -0.05) is 13.8 Å². The molecule has 0 fully saturated rings. The fourth-order valence-corrected chi connectivity index (χ4v) is 4.86. The second-order valence-electron chi connectivity index (χ2n) is 6.81. The molecule has 2 heterocycles. The molecule has 4 aromatic rings. The molecule has 0 spiro atoms. The number of carbonyl (C=O) groups is 2. The van der Waals surface area contributed by atoms with Gasteiger partial charge >= 0.3 is 11.9 Å². The van der Waals surface area contributed by atoms with Crippen LogP contribution in [0.5, 0.6) is 0 Å². The van der Waals surface area contributed by atoms with Crippen LogP contribution in [0.4, 0.5) is 0 Å². The largest absolute Gasteiger partial charge is 0.478 e. The maximum Gasteiger partial charge on any atom is 0.339 e. The second kappa shape index (κ2) is 11.7. The third kappa shape index (κ3) is 6.03. The van der Waals surface area contributed by atoms with Crippen LogP contribution in [0.1, 0.15) is 34.6 Å². The molecule has 33 heavy (non-hydrogen) atoms. The van der Waals surface area contributed by atoms with Crippen LogP contribution in [0.25, 0.3) is 21.5 Å². The summed E-state index contributed by atoms with van der Waals surface area (Å²) >= 11 is 3.17. The first kappa shape index (κ1) is 24.5. The highest BCUT2D eigenvalue weighted by Crippen LogP contribution is 2.29. The van der Waals surface area contributed by atoms with Crippen molar-refractivity contribution in [3.8, 4) is 0 Å². The maximum atomic E-state index is 11.7. The Kier molecular flexibility index (Phi) is 8.68. The van der Waals surface area contributed by atoms with Crippen molar-refractivity contribution in [2.75, 3.05) is 18.6 Å². The molecule has 1 N–H and O–H groups in total. The summed E-state index contributed by atoms with van der Waals surface area (Å²) in [4.78, 5) is 32.7. The van der Waals surface area contributed by atoms with Crippen LogP contribution < -0.4 is 0 Å². The highest BCUT2D eigenvalue weighted by Gasteiger charge is 2.13. The van der Waals surface area contributed by atoms with E-state index < -0.39 is 5.97 Å². The summed E-state index contributed by atoms with van der Waals surface area (Å²) in [6.07, 6.45) is 6.94. The first-order chi connectivity index (χ1) is 16.0. The molecule has 0 saturated heterocycles. The zero-order valence-electron chi connectivity index (χ0n) is 18.6. The SMILES string of the molecule is CCSc1cc2cnccc2cc1C(=O)O.CCSc1cc2cnccc2cc1C(=O)OC. The Balaban J connectivity index is 0.000000186. The Morgan fingerprint density at radius 3 is 1.76 bits per heavy atom. The fraction of sp³-hybridized carbons (Fsp3) is 0.200. The van der Waals surface area contributed by atoms with E-state index in [1.807, 2.05) is 37.3 Å². The quantitative estimate of drug-likeness (QED) is 0.258. The number of rotatable bonds is 6. The Morgan fingerprint density at radius 1 is 0.818 bits per heavy atom. The van der Waals surface area contributed by atoms with E-state index in [-0.39, 0.29) is 5.97 Å². The Bertz CT molecular complexity index is 1290. The van der Waals surface area contributed by atoms with Gasteiger partial charge in [-0.25, -0.2) is 9.59 Å². The van der Waals surface area contributed by atoms with Crippen molar-refractivity contribution in [2.24, 2.45) is 0 Å². The number of hydrogen-bond donors (Lipinski definition) is 1. The van der Waals surface area contributed by atoms with E-state index in [0.717, 1.165) is 42.8 Å². The molecule has 2 aromatic carbocycles. The molecule has 0 saturated carbocycles. The van der Waals surface area contributed by atoms with E-state index in [1.165, 1.54) is 18.9 Å². The molecule has 0 radical (unpaired) electrons. The molecule has 6 nitrogen and oxygen atoms in total. The van der Waals surface area contributed by atoms with Gasteiger partial charge in [-0.05, 0) is 58.7 Å². The van der Waals surface area contributed by atoms with Crippen LogP contribution in [-0.4, -0.2) is 45.6 Å². The number of esters is 1. The number of hydrogen-bond acceptors (Lipinski definition) is 7. The smallest absolute Gasteiger partial charge is 0.339 e. The molecule has 170 valence electrons. The number of benzene rings is 2. The number of carboxylic acid groups (broad SMARTS) is 1. The first-order valence-corrected chi connectivity index (χ1v) is 12.3. The fourth-order valence-electron chi connectivity index (χ4n) is 3.22. The van der Waals surface area contributed by atoms with Crippen LogP contribution in [-0.2, 0) is 4.74 Å². The highest BCUT2D eigenvalue weighted by atomic mass is 32.2. The van der Waals surface area contributed by atoms with Crippen LogP contribution in [0, 0.1) is 0 Å². The minimum absolute atomic E-state index is 0.292. The van der Waals surface area contributed by atoms with Gasteiger partial charge in [-0.2, -0.15) is 0 Å². The van der Waals surface area contributed by atoms with Crippen molar-refractivity contribution in [1.82, 2.24) is 9.97 Å². The maximum absolute atomic E-state index is 11.7. The molecular formula is C25H24N2O4S2. The predicted octanol–water partition coefficient (Wildman–Crippen LogP) is 6.18. The molecule has 0 unspecified atom stereocenters. The monoisotopic (exact) mass is 480 g/mol. The summed E-state index contributed by atoms with van der Waals surface area (Å²) in [6, 6.07) is 11.2. The van der Waals surface area contributed by atoms with Gasteiger partial charge in [-0.15, -0.1) is 23.5 Å². The molecule has 0 aliphatic heterocycles. The van der Waals surface area contributed by atoms with Crippen LogP contribution in [0.2, 0.25) is 0 Å². The van der Waals surface area contributed by atoms with Crippen molar-refractivity contribution in [2.45, 2.75) is 23.6 Å². The Morgan fingerprint density at radius 2 is 1.30 bits per heavy atom. The van der Waals surface area contributed by atoms with Gasteiger partial charge in [0.1, 0.15) is 0 Å². The zero-order valence-corrected chi connectivity index (χ0v) is 20.2. The van der Waals surface area contributed by atoms with E-state index >= 15 is 0 Å². The number of thioether (sulfide) groups is 2. The minimum Gasteiger partial charge on any atom is -0.478 e. The van der Waals surface area contributed by atoms with Gasteiger partial charge in [0.05, 0.1) is 18.2 Å². The molecule has 8 heteroatoms. The summed E-state index contributed by atoms with van der Waals surface area (Å²) in [6.45, 7) is 4.06. The van der Waals surface area contributed by atoms with Crippen molar-refractivity contribution in [1.29, 1.82) is 0 Å². The minimum atomic E-state index is -0.880. The Hall–Kier alpha value is -3.10. The third-order valence-corrected chi connectivity index (χ3v) is 6.59. The standard InChI is InChI=1S/C13H13NO2S.C12H11NO2S/c1-3-17-12-7-10-8-14-5-4-9(10)6-11(12)13(15)16-2;1-2-16-11-6-9-7-13-4-3-8(9)5-10(11)12(14)15/h4-8H,3H2,1-2H3;3-7H,2H2,1H3,(H,14,15). The third-order valence-electron chi connectivity index (χ3n) is 4.71. The zero-order chi connectivity index (χ0) is 23.8. The van der Waals surface area contributed by atoms with Crippen molar-refractivity contribution < 1.29 is 19.4 Å². The number of methoxy groups -OCH3 is 1. The lowest BCUT2D eigenvalue weighted by Crippen LogP contribution is -2.03. The van der Waals surface area contributed by atoms with Gasteiger partial charge in [0.2, 0.25) is 0 Å². The summed E-state index contributed by atoms with van der Waals surface area (Å²) in [5, 5.41) is 13.0. The topological polar surface area (TPSA) is 89.4 Å². The van der Waals surface area contributed by atoms with Gasteiger partial charge in [-0.3, -0.25) is 9.97 Å². The number of nitrogens with zero attached hydrogens (tertiary/aromatic N) is 2. The molecule has 0 bridgehead atoms. The van der Waals surface area contributed by atoms with Gasteiger partial charge in [0.15, 0.2) is 0 Å². The van der Waals surface area contributed by atoms with Gasteiger partial charge < -0.3 is 9.84 Å². The average Bonchev–Trinajstić information content (AvgIpc) is 2.83. The summed E-state index contributed by atoms with van der Waals surface area (Å²) in [5.74, 6) is 0.594. The molecule has 2 aromatic heterocycles. The Labute approximate surface area is 200 Å². The average molecular weight is 481 g/mol. The first-order valence-electron chi connectivity index (χ1n) is 10.3. The highest BCUT2D eigenvalue weighted by molar-refractivity contribution is 7.99. The lowest BCUT2D eigenvalue weighted by molar-refractivity contribution is 0.0596. The lowest BCUT2D eigenvalue weighted by Gasteiger charge is -2.08. The number of carboxylic acids is 1. The second-order valence-corrected chi connectivity index (χ2v) is 9.42. The number of ether oxygens (including phenoxy) is 1. The van der Waals surface area contributed by atoms with E-state index in [0.29, 0.717) is 11.1 Å². The number of pyridine rings is 2.